The maximum absolute atomic E-state index is 11.1. The van der Waals surface area contributed by atoms with E-state index in [9.17, 15) is 4.79 Å². The van der Waals surface area contributed by atoms with Crippen LogP contribution in [0.4, 0.5) is 5.69 Å². The fourth-order valence-corrected chi connectivity index (χ4v) is 2.63. The van der Waals surface area contributed by atoms with Crippen molar-refractivity contribution in [2.24, 2.45) is 0 Å². The van der Waals surface area contributed by atoms with Gasteiger partial charge < -0.3 is 14.7 Å². The number of hydrogen-bond donors (Lipinski definition) is 1. The highest BCUT2D eigenvalue weighted by Gasteiger charge is 2.16. The minimum absolute atomic E-state index is 0.352. The maximum Gasteiger partial charge on any atom is 0.335 e. The van der Waals surface area contributed by atoms with Gasteiger partial charge in [-0.1, -0.05) is 18.2 Å². The zero-order chi connectivity index (χ0) is 14.8. The summed E-state index contributed by atoms with van der Waals surface area (Å²) >= 11 is 0. The summed E-state index contributed by atoms with van der Waals surface area (Å²) in [6.07, 6.45) is 0. The summed E-state index contributed by atoms with van der Waals surface area (Å²) in [5.74, 6) is 0.0440. The van der Waals surface area contributed by atoms with Gasteiger partial charge >= 0.3 is 5.97 Å². The van der Waals surface area contributed by atoms with Gasteiger partial charge in [-0.05, 0) is 36.8 Å². The first-order chi connectivity index (χ1) is 10.1. The molecule has 0 saturated carbocycles. The lowest BCUT2D eigenvalue weighted by molar-refractivity contribution is 0.0696. The zero-order valence-corrected chi connectivity index (χ0v) is 11.9. The molecule has 0 aliphatic carbocycles. The van der Waals surface area contributed by atoms with Crippen molar-refractivity contribution in [1.82, 2.24) is 0 Å². The minimum Gasteiger partial charge on any atom is -0.491 e. The van der Waals surface area contributed by atoms with E-state index in [0.29, 0.717) is 12.2 Å². The number of ether oxygens (including phenoxy) is 1. The summed E-state index contributed by atoms with van der Waals surface area (Å²) in [7, 11) is 0. The molecule has 3 rings (SSSR count). The van der Waals surface area contributed by atoms with E-state index in [4.69, 9.17) is 9.84 Å². The Kier molecular flexibility index (Phi) is 3.52. The average molecular weight is 283 g/mol. The molecule has 1 heterocycles. The smallest absolute Gasteiger partial charge is 0.335 e. The highest BCUT2D eigenvalue weighted by atomic mass is 16.5. The highest BCUT2D eigenvalue weighted by molar-refractivity contribution is 5.89. The minimum atomic E-state index is -0.886. The number of hydrogen-bond acceptors (Lipinski definition) is 3. The summed E-state index contributed by atoms with van der Waals surface area (Å²) in [6, 6.07) is 13.5. The van der Waals surface area contributed by atoms with E-state index in [-0.39, 0.29) is 0 Å². The first-order valence-corrected chi connectivity index (χ1v) is 6.95. The number of nitrogens with zero attached hydrogens (tertiary/aromatic N) is 1. The third-order valence-electron chi connectivity index (χ3n) is 3.76. The lowest BCUT2D eigenvalue weighted by Gasteiger charge is -2.23. The number of fused-ring (bicyclic) bond motifs is 1. The monoisotopic (exact) mass is 283 g/mol. The Morgan fingerprint density at radius 1 is 1.24 bits per heavy atom. The van der Waals surface area contributed by atoms with Crippen molar-refractivity contribution in [3.05, 3.63) is 59.2 Å². The van der Waals surface area contributed by atoms with E-state index in [0.717, 1.165) is 35.7 Å². The molecular formula is C17H17NO3. The molecule has 4 nitrogen and oxygen atoms in total. The fraction of sp³-hybridized carbons (Fsp3) is 0.235. The van der Waals surface area contributed by atoms with Crippen LogP contribution in [0.15, 0.2) is 42.5 Å². The molecule has 1 N–H and O–H groups in total. The van der Waals surface area contributed by atoms with Crippen molar-refractivity contribution >= 4 is 11.7 Å². The number of carboxylic acids is 1. The molecule has 108 valence electrons. The summed E-state index contributed by atoms with van der Waals surface area (Å²) < 4.78 is 5.76. The molecule has 0 amide bonds. The molecule has 0 aromatic heterocycles. The molecule has 1 aliphatic heterocycles. The summed E-state index contributed by atoms with van der Waals surface area (Å²) in [6.45, 7) is 3.99. The number of rotatable bonds is 2. The summed E-state index contributed by atoms with van der Waals surface area (Å²) in [4.78, 5) is 13.3. The zero-order valence-electron chi connectivity index (χ0n) is 11.9. The van der Waals surface area contributed by atoms with Crippen molar-refractivity contribution in [3.8, 4) is 5.75 Å². The molecule has 21 heavy (non-hydrogen) atoms. The number of carbonyl (C=O) groups is 1. The van der Waals surface area contributed by atoms with Gasteiger partial charge in [0.05, 0.1) is 12.1 Å². The second-order valence-corrected chi connectivity index (χ2v) is 5.18. The van der Waals surface area contributed by atoms with E-state index >= 15 is 0 Å². The molecule has 4 heteroatoms. The average Bonchev–Trinajstić information content (AvgIpc) is 2.68. The van der Waals surface area contributed by atoms with Crippen LogP contribution >= 0.6 is 0 Å². The van der Waals surface area contributed by atoms with Crippen LogP contribution in [0.1, 0.15) is 21.5 Å². The van der Waals surface area contributed by atoms with Gasteiger partial charge in [-0.25, -0.2) is 4.79 Å². The molecule has 0 radical (unpaired) electrons. The Balaban J connectivity index is 1.91. The van der Waals surface area contributed by atoms with Crippen molar-refractivity contribution in [1.29, 1.82) is 0 Å². The fourth-order valence-electron chi connectivity index (χ4n) is 2.63. The SMILES string of the molecule is Cc1cc(N2CCOc3ccccc3C2)ccc1C(=O)O. The molecule has 0 saturated heterocycles. The Morgan fingerprint density at radius 2 is 2.05 bits per heavy atom. The van der Waals surface area contributed by atoms with Crippen molar-refractivity contribution in [2.75, 3.05) is 18.1 Å². The number of carboxylic acid groups (broad SMARTS) is 1. The van der Waals surface area contributed by atoms with Crippen LogP contribution in [-0.2, 0) is 6.54 Å². The lowest BCUT2D eigenvalue weighted by Crippen LogP contribution is -2.25. The van der Waals surface area contributed by atoms with Gasteiger partial charge in [0.25, 0.3) is 0 Å². The van der Waals surface area contributed by atoms with Gasteiger partial charge in [0.1, 0.15) is 12.4 Å². The van der Waals surface area contributed by atoms with E-state index in [1.165, 1.54) is 0 Å². The summed E-state index contributed by atoms with van der Waals surface area (Å²) in [5, 5.41) is 9.11. The van der Waals surface area contributed by atoms with Gasteiger partial charge in [0, 0.05) is 17.8 Å². The van der Waals surface area contributed by atoms with Gasteiger partial charge in [-0.3, -0.25) is 0 Å². The second-order valence-electron chi connectivity index (χ2n) is 5.18. The van der Waals surface area contributed by atoms with Gasteiger partial charge in [-0.2, -0.15) is 0 Å². The van der Waals surface area contributed by atoms with E-state index < -0.39 is 5.97 Å². The highest BCUT2D eigenvalue weighted by Crippen LogP contribution is 2.27. The van der Waals surface area contributed by atoms with Crippen molar-refractivity contribution < 1.29 is 14.6 Å². The number of aryl methyl sites for hydroxylation is 1. The third kappa shape index (κ3) is 2.70. The van der Waals surface area contributed by atoms with Crippen LogP contribution in [0.5, 0.6) is 5.75 Å². The normalized spacial score (nSPS) is 14.0. The Labute approximate surface area is 123 Å². The standard InChI is InChI=1S/C17H17NO3/c1-12-10-14(6-7-15(12)17(19)20)18-8-9-21-16-5-3-2-4-13(16)11-18/h2-7,10H,8-9,11H2,1H3,(H,19,20). The molecule has 0 atom stereocenters. The number of para-hydroxylation sites is 1. The topological polar surface area (TPSA) is 49.8 Å². The molecule has 1 aliphatic rings. The third-order valence-corrected chi connectivity index (χ3v) is 3.76. The summed E-state index contributed by atoms with van der Waals surface area (Å²) in [5.41, 5.74) is 3.30. The van der Waals surface area contributed by atoms with Gasteiger partial charge in [0.2, 0.25) is 0 Å². The van der Waals surface area contributed by atoms with Crippen LogP contribution in [0.3, 0.4) is 0 Å². The number of benzene rings is 2. The predicted molar refractivity (Wildman–Crippen MR) is 81.1 cm³/mol. The number of anilines is 1. The predicted octanol–water partition coefficient (Wildman–Crippen LogP) is 3.09. The van der Waals surface area contributed by atoms with E-state index in [2.05, 4.69) is 11.0 Å². The Hall–Kier alpha value is -2.49. The van der Waals surface area contributed by atoms with Crippen molar-refractivity contribution in [2.45, 2.75) is 13.5 Å². The molecule has 2 aromatic rings. The molecule has 2 aromatic carbocycles. The first-order valence-electron chi connectivity index (χ1n) is 6.95. The quantitative estimate of drug-likeness (QED) is 0.920. The largest absolute Gasteiger partial charge is 0.491 e. The first kappa shape index (κ1) is 13.5. The van der Waals surface area contributed by atoms with Gasteiger partial charge in [-0.15, -0.1) is 0 Å². The van der Waals surface area contributed by atoms with Crippen LogP contribution < -0.4 is 9.64 Å². The maximum atomic E-state index is 11.1. The molecule has 0 unspecified atom stereocenters. The van der Waals surface area contributed by atoms with Crippen LogP contribution in [0.2, 0.25) is 0 Å². The van der Waals surface area contributed by atoms with Crippen LogP contribution in [0, 0.1) is 6.92 Å². The lowest BCUT2D eigenvalue weighted by atomic mass is 10.1. The Morgan fingerprint density at radius 3 is 2.81 bits per heavy atom. The van der Waals surface area contributed by atoms with E-state index in [1.807, 2.05) is 37.3 Å². The molecule has 0 spiro atoms. The molecule has 0 bridgehead atoms. The van der Waals surface area contributed by atoms with Crippen LogP contribution in [-0.4, -0.2) is 24.2 Å². The van der Waals surface area contributed by atoms with Gasteiger partial charge in [0.15, 0.2) is 0 Å². The Bertz CT molecular complexity index is 681. The molecule has 0 fully saturated rings. The number of aromatic carboxylic acids is 1. The van der Waals surface area contributed by atoms with Crippen molar-refractivity contribution in [3.63, 3.8) is 0 Å². The second kappa shape index (κ2) is 5.48. The molecular weight excluding hydrogens is 266 g/mol. The van der Waals surface area contributed by atoms with E-state index in [1.54, 1.807) is 6.07 Å². The van der Waals surface area contributed by atoms with Crippen LogP contribution in [0.25, 0.3) is 0 Å².